The molecule has 0 aliphatic carbocycles. The molecule has 0 unspecified atom stereocenters. The molecule has 168 valence electrons. The lowest BCUT2D eigenvalue weighted by molar-refractivity contribution is -0.119. The van der Waals surface area contributed by atoms with Gasteiger partial charge in [-0.15, -0.1) is 0 Å². The van der Waals surface area contributed by atoms with Crippen LogP contribution in [0.2, 0.25) is 0 Å². The Morgan fingerprint density at radius 2 is 1.73 bits per heavy atom. The van der Waals surface area contributed by atoms with Gasteiger partial charge in [0.15, 0.2) is 6.61 Å². The molecule has 0 spiro atoms. The van der Waals surface area contributed by atoms with Gasteiger partial charge >= 0.3 is 5.97 Å². The molecule has 3 aromatic rings. The van der Waals surface area contributed by atoms with E-state index in [2.05, 4.69) is 31.8 Å². The van der Waals surface area contributed by atoms with Crippen LogP contribution in [-0.4, -0.2) is 35.7 Å². The highest BCUT2D eigenvalue weighted by Gasteiger charge is 2.12. The lowest BCUT2D eigenvalue weighted by atomic mass is 10.1. The van der Waals surface area contributed by atoms with Crippen molar-refractivity contribution in [2.75, 3.05) is 11.9 Å². The van der Waals surface area contributed by atoms with Gasteiger partial charge in [-0.3, -0.25) is 9.59 Å². The van der Waals surface area contributed by atoms with E-state index in [9.17, 15) is 19.5 Å². The molecule has 3 rings (SSSR count). The third kappa shape index (κ3) is 7.01. The van der Waals surface area contributed by atoms with Crippen molar-refractivity contribution in [1.29, 1.82) is 0 Å². The van der Waals surface area contributed by atoms with Crippen LogP contribution in [0.5, 0.6) is 5.75 Å². The van der Waals surface area contributed by atoms with E-state index in [4.69, 9.17) is 4.74 Å². The van der Waals surface area contributed by atoms with E-state index in [0.717, 1.165) is 5.56 Å². The summed E-state index contributed by atoms with van der Waals surface area (Å²) in [5.74, 6) is -1.82. The van der Waals surface area contributed by atoms with E-state index >= 15 is 0 Å². The second kappa shape index (κ2) is 11.1. The average Bonchev–Trinajstić information content (AvgIpc) is 2.81. The Labute approximate surface area is 198 Å². The number of anilines is 1. The van der Waals surface area contributed by atoms with Crippen molar-refractivity contribution in [1.82, 2.24) is 5.43 Å². The molecule has 0 bridgehead atoms. The smallest absolute Gasteiger partial charge is 0.338 e. The number of nitrogens with one attached hydrogen (secondary N) is 2. The van der Waals surface area contributed by atoms with Crippen molar-refractivity contribution in [3.8, 4) is 5.75 Å². The number of phenolic OH excluding ortho intramolecular Hbond substituents is 1. The monoisotopic (exact) mass is 509 g/mol. The fourth-order valence-electron chi connectivity index (χ4n) is 2.67. The first-order valence-electron chi connectivity index (χ1n) is 9.77. The molecule has 3 N–H and O–H groups in total. The van der Waals surface area contributed by atoms with Crippen LogP contribution in [0.1, 0.15) is 31.8 Å². The van der Waals surface area contributed by atoms with Crippen molar-refractivity contribution in [2.24, 2.45) is 5.10 Å². The normalized spacial score (nSPS) is 10.6. The zero-order chi connectivity index (χ0) is 23.8. The van der Waals surface area contributed by atoms with Crippen LogP contribution in [0.3, 0.4) is 0 Å². The summed E-state index contributed by atoms with van der Waals surface area (Å²) in [7, 11) is 0. The molecule has 0 heterocycles. The molecule has 3 aromatic carbocycles. The number of benzene rings is 3. The summed E-state index contributed by atoms with van der Waals surface area (Å²) in [6.07, 6.45) is 1.39. The maximum absolute atomic E-state index is 12.2. The Bertz CT molecular complexity index is 1190. The number of hydrogen-bond acceptors (Lipinski definition) is 6. The summed E-state index contributed by atoms with van der Waals surface area (Å²) in [4.78, 5) is 36.2. The molecule has 33 heavy (non-hydrogen) atoms. The minimum Gasteiger partial charge on any atom is -0.507 e. The second-order valence-corrected chi connectivity index (χ2v) is 7.89. The van der Waals surface area contributed by atoms with Crippen molar-refractivity contribution < 1.29 is 24.2 Å². The van der Waals surface area contributed by atoms with Crippen molar-refractivity contribution in [2.45, 2.75) is 6.92 Å². The number of nitrogens with zero attached hydrogens (tertiary/aromatic N) is 1. The van der Waals surface area contributed by atoms with Crippen LogP contribution < -0.4 is 10.7 Å². The van der Waals surface area contributed by atoms with Gasteiger partial charge in [0.1, 0.15) is 5.75 Å². The molecule has 0 aromatic heterocycles. The van der Waals surface area contributed by atoms with Crippen LogP contribution in [0.4, 0.5) is 5.69 Å². The topological polar surface area (TPSA) is 117 Å². The lowest BCUT2D eigenvalue weighted by Crippen LogP contribution is -2.20. The first kappa shape index (κ1) is 23.7. The van der Waals surface area contributed by atoms with Gasteiger partial charge in [0.05, 0.1) is 17.3 Å². The van der Waals surface area contributed by atoms with E-state index in [1.54, 1.807) is 30.3 Å². The highest BCUT2D eigenvalue weighted by atomic mass is 79.9. The summed E-state index contributed by atoms with van der Waals surface area (Å²) in [6, 6.07) is 18.0. The number of ether oxygens (including phenoxy) is 1. The Kier molecular flexibility index (Phi) is 7.93. The summed E-state index contributed by atoms with van der Waals surface area (Å²) in [5, 5.41) is 16.3. The molecular weight excluding hydrogens is 490 g/mol. The van der Waals surface area contributed by atoms with Gasteiger partial charge in [-0.1, -0.05) is 45.8 Å². The minimum atomic E-state index is -0.643. The molecule has 0 aliphatic rings. The molecule has 0 fully saturated rings. The van der Waals surface area contributed by atoms with Gasteiger partial charge in [-0.25, -0.2) is 10.2 Å². The molecule has 2 amide bonds. The standard InChI is InChI=1S/C24H20BrN3O5/c1-15-2-9-19(10-3-15)27-22(30)14-33-24(32)17-6-4-16(5-7-17)13-26-28-23(31)20-12-18(25)8-11-21(20)29/h2-13,29H,14H2,1H3,(H,27,30)(H,28,31)/b26-13-. The van der Waals surface area contributed by atoms with Crippen LogP contribution in [0.15, 0.2) is 76.3 Å². The molecular formula is C24H20BrN3O5. The Balaban J connectivity index is 1.49. The number of amides is 2. The first-order valence-corrected chi connectivity index (χ1v) is 10.6. The van der Waals surface area contributed by atoms with E-state index in [0.29, 0.717) is 15.7 Å². The fraction of sp³-hybridized carbons (Fsp3) is 0.0833. The SMILES string of the molecule is Cc1ccc(NC(=O)COC(=O)c2ccc(/C=N\NC(=O)c3cc(Br)ccc3O)cc2)cc1. The van der Waals surface area contributed by atoms with E-state index < -0.39 is 24.4 Å². The summed E-state index contributed by atoms with van der Waals surface area (Å²) >= 11 is 3.23. The molecule has 0 atom stereocenters. The van der Waals surface area contributed by atoms with Crippen LogP contribution >= 0.6 is 15.9 Å². The Morgan fingerprint density at radius 1 is 1.03 bits per heavy atom. The molecule has 0 saturated carbocycles. The van der Waals surface area contributed by atoms with E-state index in [1.165, 1.54) is 30.5 Å². The van der Waals surface area contributed by atoms with Gasteiger partial charge in [0.2, 0.25) is 0 Å². The van der Waals surface area contributed by atoms with Crippen molar-refractivity contribution in [3.63, 3.8) is 0 Å². The highest BCUT2D eigenvalue weighted by Crippen LogP contribution is 2.21. The number of hydrogen-bond donors (Lipinski definition) is 3. The maximum Gasteiger partial charge on any atom is 0.338 e. The van der Waals surface area contributed by atoms with Crippen LogP contribution in [0.25, 0.3) is 0 Å². The fourth-order valence-corrected chi connectivity index (χ4v) is 3.03. The summed E-state index contributed by atoms with van der Waals surface area (Å²) in [6.45, 7) is 1.53. The van der Waals surface area contributed by atoms with Crippen molar-refractivity contribution in [3.05, 3.63) is 93.5 Å². The number of carbonyl (C=O) groups excluding carboxylic acids is 3. The minimum absolute atomic E-state index is 0.0750. The predicted octanol–water partition coefficient (Wildman–Crippen LogP) is 4.02. The third-order valence-corrected chi connectivity index (χ3v) is 4.89. The van der Waals surface area contributed by atoms with Gasteiger partial charge in [0.25, 0.3) is 11.8 Å². The highest BCUT2D eigenvalue weighted by molar-refractivity contribution is 9.10. The summed E-state index contributed by atoms with van der Waals surface area (Å²) in [5.41, 5.74) is 4.96. The molecule has 8 nitrogen and oxygen atoms in total. The first-order chi connectivity index (χ1) is 15.8. The number of phenols is 1. The van der Waals surface area contributed by atoms with Gasteiger partial charge in [0, 0.05) is 10.2 Å². The summed E-state index contributed by atoms with van der Waals surface area (Å²) < 4.78 is 5.68. The average molecular weight is 510 g/mol. The molecule has 0 radical (unpaired) electrons. The predicted molar refractivity (Wildman–Crippen MR) is 127 cm³/mol. The second-order valence-electron chi connectivity index (χ2n) is 6.97. The molecule has 0 aliphatic heterocycles. The zero-order valence-electron chi connectivity index (χ0n) is 17.5. The number of halogens is 1. The Hall–Kier alpha value is -3.98. The van der Waals surface area contributed by atoms with Gasteiger partial charge < -0.3 is 15.2 Å². The van der Waals surface area contributed by atoms with E-state index in [1.807, 2.05) is 19.1 Å². The number of hydrazone groups is 1. The van der Waals surface area contributed by atoms with Gasteiger partial charge in [-0.05, 0) is 55.0 Å². The molecule has 9 heteroatoms. The number of carbonyl (C=O) groups is 3. The number of rotatable bonds is 7. The molecule has 0 saturated heterocycles. The lowest BCUT2D eigenvalue weighted by Gasteiger charge is -2.07. The maximum atomic E-state index is 12.2. The number of aryl methyl sites for hydroxylation is 1. The van der Waals surface area contributed by atoms with Crippen molar-refractivity contribution >= 4 is 45.6 Å². The number of aromatic hydroxyl groups is 1. The quantitative estimate of drug-likeness (QED) is 0.252. The Morgan fingerprint density at radius 3 is 2.42 bits per heavy atom. The van der Waals surface area contributed by atoms with E-state index in [-0.39, 0.29) is 16.9 Å². The largest absolute Gasteiger partial charge is 0.507 e. The third-order valence-electron chi connectivity index (χ3n) is 4.40. The van der Waals surface area contributed by atoms with Gasteiger partial charge in [-0.2, -0.15) is 5.10 Å². The zero-order valence-corrected chi connectivity index (χ0v) is 19.1. The van der Waals surface area contributed by atoms with Crippen LogP contribution in [0, 0.1) is 6.92 Å². The number of esters is 1. The van der Waals surface area contributed by atoms with Crippen LogP contribution in [-0.2, 0) is 9.53 Å².